The molecule has 2 aliphatic heterocycles. The van der Waals surface area contributed by atoms with Crippen molar-refractivity contribution in [2.24, 2.45) is 0 Å². The lowest BCUT2D eigenvalue weighted by Crippen LogP contribution is -2.55. The molecule has 0 amide bonds. The maximum absolute atomic E-state index is 9.92. The van der Waals surface area contributed by atoms with Gasteiger partial charge < -0.3 is 19.3 Å². The molecule has 15 heavy (non-hydrogen) atoms. The third-order valence-corrected chi connectivity index (χ3v) is 2.89. The number of hydrogen-bond donors (Lipinski definition) is 1. The highest BCUT2D eigenvalue weighted by atomic mass is 16.7. The van der Waals surface area contributed by atoms with E-state index in [1.807, 2.05) is 13.0 Å². The molecule has 4 nitrogen and oxygen atoms in total. The van der Waals surface area contributed by atoms with Crippen LogP contribution in [0.5, 0.6) is 0 Å². The van der Waals surface area contributed by atoms with E-state index in [4.69, 9.17) is 14.2 Å². The first-order chi connectivity index (χ1) is 7.20. The Kier molecular flexibility index (Phi) is 3.41. The predicted molar refractivity (Wildman–Crippen MR) is 54.4 cm³/mol. The highest BCUT2D eigenvalue weighted by molar-refractivity contribution is 4.90. The zero-order chi connectivity index (χ0) is 10.8. The monoisotopic (exact) mass is 214 g/mol. The van der Waals surface area contributed by atoms with Gasteiger partial charge in [0.05, 0.1) is 18.8 Å². The van der Waals surface area contributed by atoms with E-state index < -0.39 is 6.10 Å². The second-order valence-corrected chi connectivity index (χ2v) is 4.13. The molecule has 0 bridgehead atoms. The standard InChI is InChI=1S/C11H18O4/c1-3-4-8-5-9(12)11-10(15-8)6-13-7(2)14-11/h3,7-12H,1,4-6H2,2H3/t7-,8-,9+,10-,11+/m1/s1. The molecule has 0 aromatic heterocycles. The van der Waals surface area contributed by atoms with Crippen molar-refractivity contribution in [2.75, 3.05) is 6.61 Å². The van der Waals surface area contributed by atoms with Crippen LogP contribution in [-0.4, -0.2) is 42.4 Å². The molecular weight excluding hydrogens is 196 g/mol. The zero-order valence-electron chi connectivity index (χ0n) is 8.96. The SMILES string of the molecule is C=CC[C@@H]1C[C@H](O)[C@@H]2O[C@H](C)OC[C@H]2O1. The van der Waals surface area contributed by atoms with Gasteiger partial charge in [-0.1, -0.05) is 6.08 Å². The van der Waals surface area contributed by atoms with Crippen molar-refractivity contribution in [3.63, 3.8) is 0 Å². The molecule has 2 rings (SSSR count). The van der Waals surface area contributed by atoms with Crippen LogP contribution in [0.1, 0.15) is 19.8 Å². The molecule has 2 aliphatic rings. The predicted octanol–water partition coefficient (Wildman–Crippen LogP) is 0.842. The van der Waals surface area contributed by atoms with Crippen molar-refractivity contribution in [2.45, 2.75) is 50.5 Å². The second-order valence-electron chi connectivity index (χ2n) is 4.13. The Morgan fingerprint density at radius 3 is 3.00 bits per heavy atom. The fraction of sp³-hybridized carbons (Fsp3) is 0.818. The molecule has 4 heteroatoms. The quantitative estimate of drug-likeness (QED) is 0.692. The first kappa shape index (κ1) is 11.1. The van der Waals surface area contributed by atoms with E-state index in [1.165, 1.54) is 0 Å². The fourth-order valence-corrected chi connectivity index (χ4v) is 2.17. The maximum atomic E-state index is 9.92. The fourth-order valence-electron chi connectivity index (χ4n) is 2.17. The van der Waals surface area contributed by atoms with Gasteiger partial charge in [0.2, 0.25) is 0 Å². The molecule has 0 saturated carbocycles. The number of fused-ring (bicyclic) bond motifs is 1. The van der Waals surface area contributed by atoms with E-state index in [-0.39, 0.29) is 24.6 Å². The summed E-state index contributed by atoms with van der Waals surface area (Å²) >= 11 is 0. The van der Waals surface area contributed by atoms with Crippen molar-refractivity contribution in [1.82, 2.24) is 0 Å². The van der Waals surface area contributed by atoms with Gasteiger partial charge in [-0.2, -0.15) is 0 Å². The van der Waals surface area contributed by atoms with Gasteiger partial charge in [-0.25, -0.2) is 0 Å². The van der Waals surface area contributed by atoms with Crippen LogP contribution in [0.25, 0.3) is 0 Å². The van der Waals surface area contributed by atoms with Gasteiger partial charge in [0.25, 0.3) is 0 Å². The van der Waals surface area contributed by atoms with Crippen LogP contribution in [0.4, 0.5) is 0 Å². The molecule has 0 spiro atoms. The number of aliphatic hydroxyl groups is 1. The van der Waals surface area contributed by atoms with Crippen LogP contribution in [0.2, 0.25) is 0 Å². The van der Waals surface area contributed by atoms with Crippen molar-refractivity contribution >= 4 is 0 Å². The van der Waals surface area contributed by atoms with Crippen molar-refractivity contribution in [3.8, 4) is 0 Å². The molecule has 0 radical (unpaired) electrons. The molecule has 0 aliphatic carbocycles. The summed E-state index contributed by atoms with van der Waals surface area (Å²) in [6.45, 7) is 6.00. The van der Waals surface area contributed by atoms with E-state index >= 15 is 0 Å². The molecule has 0 aromatic carbocycles. The second kappa shape index (κ2) is 4.61. The molecule has 2 saturated heterocycles. The van der Waals surface area contributed by atoms with Crippen LogP contribution in [-0.2, 0) is 14.2 Å². The van der Waals surface area contributed by atoms with E-state index in [1.54, 1.807) is 0 Å². The van der Waals surface area contributed by atoms with Gasteiger partial charge in [-0.05, 0) is 13.3 Å². The highest BCUT2D eigenvalue weighted by Gasteiger charge is 2.42. The van der Waals surface area contributed by atoms with Gasteiger partial charge in [0.1, 0.15) is 12.2 Å². The summed E-state index contributed by atoms with van der Waals surface area (Å²) in [5, 5.41) is 9.92. The molecule has 2 heterocycles. The minimum absolute atomic E-state index is 0.0411. The molecule has 0 aromatic rings. The van der Waals surface area contributed by atoms with Crippen LogP contribution >= 0.6 is 0 Å². The van der Waals surface area contributed by atoms with Crippen LogP contribution < -0.4 is 0 Å². The van der Waals surface area contributed by atoms with E-state index in [0.29, 0.717) is 13.0 Å². The Labute approximate surface area is 89.8 Å². The summed E-state index contributed by atoms with van der Waals surface area (Å²) in [7, 11) is 0. The first-order valence-electron chi connectivity index (χ1n) is 5.42. The normalized spacial score (nSPS) is 45.9. The summed E-state index contributed by atoms with van der Waals surface area (Å²) in [6, 6.07) is 0. The Bertz CT molecular complexity index is 231. The third-order valence-electron chi connectivity index (χ3n) is 2.89. The molecule has 86 valence electrons. The topological polar surface area (TPSA) is 47.9 Å². The largest absolute Gasteiger partial charge is 0.390 e. The van der Waals surface area contributed by atoms with E-state index in [0.717, 1.165) is 6.42 Å². The Hall–Kier alpha value is -0.420. The molecular formula is C11H18O4. The van der Waals surface area contributed by atoms with Crippen molar-refractivity contribution in [1.29, 1.82) is 0 Å². The molecule has 0 unspecified atom stereocenters. The summed E-state index contributed by atoms with van der Waals surface area (Å²) < 4.78 is 16.6. The highest BCUT2D eigenvalue weighted by Crippen LogP contribution is 2.28. The first-order valence-corrected chi connectivity index (χ1v) is 5.42. The minimum atomic E-state index is -0.458. The Balaban J connectivity index is 1.97. The number of rotatable bonds is 2. The molecule has 2 fully saturated rings. The summed E-state index contributed by atoms with van der Waals surface area (Å²) in [6.07, 6.45) is 2.13. The summed E-state index contributed by atoms with van der Waals surface area (Å²) in [5.41, 5.74) is 0. The average molecular weight is 214 g/mol. The van der Waals surface area contributed by atoms with Gasteiger partial charge >= 0.3 is 0 Å². The smallest absolute Gasteiger partial charge is 0.155 e. The Morgan fingerprint density at radius 1 is 1.47 bits per heavy atom. The number of hydrogen-bond acceptors (Lipinski definition) is 4. The van der Waals surface area contributed by atoms with E-state index in [2.05, 4.69) is 6.58 Å². The zero-order valence-corrected chi connectivity index (χ0v) is 8.96. The lowest BCUT2D eigenvalue weighted by atomic mass is 9.96. The minimum Gasteiger partial charge on any atom is -0.390 e. The van der Waals surface area contributed by atoms with Crippen molar-refractivity contribution in [3.05, 3.63) is 12.7 Å². The summed E-state index contributed by atoms with van der Waals surface area (Å²) in [4.78, 5) is 0. The lowest BCUT2D eigenvalue weighted by molar-refractivity contribution is -0.300. The maximum Gasteiger partial charge on any atom is 0.155 e. The van der Waals surface area contributed by atoms with E-state index in [9.17, 15) is 5.11 Å². The van der Waals surface area contributed by atoms with Gasteiger partial charge in [0, 0.05) is 6.42 Å². The summed E-state index contributed by atoms with van der Waals surface area (Å²) in [5.74, 6) is 0. The van der Waals surface area contributed by atoms with Crippen LogP contribution in [0, 0.1) is 0 Å². The van der Waals surface area contributed by atoms with Gasteiger partial charge in [0.15, 0.2) is 6.29 Å². The molecule has 5 atom stereocenters. The average Bonchev–Trinajstić information content (AvgIpc) is 2.20. The van der Waals surface area contributed by atoms with Crippen molar-refractivity contribution < 1.29 is 19.3 Å². The molecule has 1 N–H and O–H groups in total. The lowest BCUT2D eigenvalue weighted by Gasteiger charge is -2.43. The number of aliphatic hydroxyl groups excluding tert-OH is 1. The Morgan fingerprint density at radius 2 is 2.27 bits per heavy atom. The van der Waals surface area contributed by atoms with Crippen LogP contribution in [0.3, 0.4) is 0 Å². The van der Waals surface area contributed by atoms with Gasteiger partial charge in [-0.3, -0.25) is 0 Å². The van der Waals surface area contributed by atoms with Crippen LogP contribution in [0.15, 0.2) is 12.7 Å². The van der Waals surface area contributed by atoms with Gasteiger partial charge in [-0.15, -0.1) is 6.58 Å². The third kappa shape index (κ3) is 2.39. The number of ether oxygens (including phenoxy) is 3.